The molecule has 0 aliphatic carbocycles. The highest BCUT2D eigenvalue weighted by atomic mass is 15.6. The van der Waals surface area contributed by atoms with Gasteiger partial charge in [0, 0.05) is 17.3 Å². The van der Waals surface area contributed by atoms with Crippen LogP contribution in [0, 0.1) is 13.8 Å². The summed E-state index contributed by atoms with van der Waals surface area (Å²) in [6, 6.07) is 0.300. The predicted molar refractivity (Wildman–Crippen MR) is 71.7 cm³/mol. The number of rotatable bonds is 5. The van der Waals surface area contributed by atoms with Gasteiger partial charge in [0.2, 0.25) is 0 Å². The second-order valence-corrected chi connectivity index (χ2v) is 4.72. The van der Waals surface area contributed by atoms with Crippen LogP contribution in [0.2, 0.25) is 0 Å². The zero-order chi connectivity index (χ0) is 14.0. The Labute approximate surface area is 113 Å². The molecule has 104 valence electrons. The van der Waals surface area contributed by atoms with Gasteiger partial charge in [-0.2, -0.15) is 9.90 Å². The van der Waals surface area contributed by atoms with Crippen molar-refractivity contribution in [1.29, 1.82) is 0 Å². The van der Waals surface area contributed by atoms with E-state index in [4.69, 9.17) is 0 Å². The minimum Gasteiger partial charge on any atom is -0.310 e. The third-order valence-corrected chi connectivity index (χ3v) is 3.22. The predicted octanol–water partition coefficient (Wildman–Crippen LogP) is 0.742. The quantitative estimate of drug-likeness (QED) is 0.861. The first-order valence-corrected chi connectivity index (χ1v) is 6.53. The maximum absolute atomic E-state index is 4.58. The summed E-state index contributed by atoms with van der Waals surface area (Å²) in [5.41, 5.74) is 3.46. The van der Waals surface area contributed by atoms with Gasteiger partial charge in [0.05, 0.1) is 12.7 Å². The number of hydrogen-bond donors (Lipinski definition) is 1. The van der Waals surface area contributed by atoms with Crippen LogP contribution < -0.4 is 5.32 Å². The van der Waals surface area contributed by atoms with Gasteiger partial charge in [0.1, 0.15) is 6.54 Å². The molecule has 2 heterocycles. The maximum atomic E-state index is 4.58. The van der Waals surface area contributed by atoms with E-state index in [2.05, 4.69) is 46.6 Å². The molecule has 0 spiro atoms. The lowest BCUT2D eigenvalue weighted by atomic mass is 10.1. The van der Waals surface area contributed by atoms with Crippen molar-refractivity contribution in [3.8, 4) is 0 Å². The van der Waals surface area contributed by atoms with E-state index in [-0.39, 0.29) is 0 Å². The van der Waals surface area contributed by atoms with Crippen LogP contribution >= 0.6 is 0 Å². The van der Waals surface area contributed by atoms with Crippen molar-refractivity contribution >= 4 is 0 Å². The van der Waals surface area contributed by atoms with Crippen molar-refractivity contribution in [2.45, 2.75) is 40.3 Å². The zero-order valence-corrected chi connectivity index (χ0v) is 12.2. The Morgan fingerprint density at radius 3 is 2.58 bits per heavy atom. The SMILES string of the molecule is CCNC(C)c1c(C)nn(Cc2nnn(C)n2)c1C. The van der Waals surface area contributed by atoms with Crippen LogP contribution in [0.15, 0.2) is 0 Å². The van der Waals surface area contributed by atoms with Gasteiger partial charge in [-0.25, -0.2) is 0 Å². The zero-order valence-electron chi connectivity index (χ0n) is 12.2. The molecule has 2 aromatic heterocycles. The lowest BCUT2D eigenvalue weighted by Crippen LogP contribution is -2.19. The fourth-order valence-corrected chi connectivity index (χ4v) is 2.42. The summed E-state index contributed by atoms with van der Waals surface area (Å²) in [6.07, 6.45) is 0. The molecule has 2 aromatic rings. The minimum absolute atomic E-state index is 0.300. The maximum Gasteiger partial charge on any atom is 0.196 e. The fourth-order valence-electron chi connectivity index (χ4n) is 2.42. The van der Waals surface area contributed by atoms with Crippen LogP contribution in [0.4, 0.5) is 0 Å². The lowest BCUT2D eigenvalue weighted by molar-refractivity contribution is 0.586. The Balaban J connectivity index is 2.25. The molecule has 0 aromatic carbocycles. The first kappa shape index (κ1) is 13.7. The molecule has 1 atom stereocenters. The molecule has 0 aliphatic heterocycles. The van der Waals surface area contributed by atoms with Crippen LogP contribution in [0.5, 0.6) is 0 Å². The molecular formula is C12H21N7. The summed E-state index contributed by atoms with van der Waals surface area (Å²) in [6.45, 7) is 9.88. The number of tetrazole rings is 1. The molecule has 0 radical (unpaired) electrons. The van der Waals surface area contributed by atoms with E-state index in [0.29, 0.717) is 18.4 Å². The standard InChI is InChI=1S/C12H21N7/c1-6-13-8(2)12-9(3)15-19(10(12)4)7-11-14-17-18(5)16-11/h8,13H,6-7H2,1-5H3. The van der Waals surface area contributed by atoms with Crippen molar-refractivity contribution in [3.05, 3.63) is 22.8 Å². The van der Waals surface area contributed by atoms with Crippen LogP contribution in [-0.4, -0.2) is 36.5 Å². The minimum atomic E-state index is 0.300. The molecule has 0 bridgehead atoms. The third-order valence-electron chi connectivity index (χ3n) is 3.22. The Morgan fingerprint density at radius 1 is 1.26 bits per heavy atom. The molecule has 2 rings (SSSR count). The highest BCUT2D eigenvalue weighted by Crippen LogP contribution is 2.21. The van der Waals surface area contributed by atoms with Crippen LogP contribution in [0.25, 0.3) is 0 Å². The van der Waals surface area contributed by atoms with Crippen molar-refractivity contribution in [2.24, 2.45) is 7.05 Å². The fraction of sp³-hybridized carbons (Fsp3) is 0.667. The summed E-state index contributed by atoms with van der Waals surface area (Å²) in [5.74, 6) is 0.677. The molecule has 19 heavy (non-hydrogen) atoms. The third kappa shape index (κ3) is 2.81. The van der Waals surface area contributed by atoms with Crippen molar-refractivity contribution in [3.63, 3.8) is 0 Å². The molecule has 0 fully saturated rings. The molecule has 0 saturated heterocycles. The summed E-state index contributed by atoms with van der Waals surface area (Å²) >= 11 is 0. The normalized spacial score (nSPS) is 12.9. The largest absolute Gasteiger partial charge is 0.310 e. The Bertz CT molecular complexity index is 554. The second-order valence-electron chi connectivity index (χ2n) is 4.72. The highest BCUT2D eigenvalue weighted by Gasteiger charge is 2.17. The number of aromatic nitrogens is 6. The van der Waals surface area contributed by atoms with Gasteiger partial charge < -0.3 is 5.32 Å². The van der Waals surface area contributed by atoms with E-state index in [9.17, 15) is 0 Å². The molecule has 7 nitrogen and oxygen atoms in total. The topological polar surface area (TPSA) is 73.5 Å². The lowest BCUT2D eigenvalue weighted by Gasteiger charge is -2.13. The van der Waals surface area contributed by atoms with Gasteiger partial charge in [-0.15, -0.1) is 10.2 Å². The van der Waals surface area contributed by atoms with E-state index in [1.807, 2.05) is 11.6 Å². The van der Waals surface area contributed by atoms with E-state index < -0.39 is 0 Å². The Kier molecular flexibility index (Phi) is 3.94. The van der Waals surface area contributed by atoms with Gasteiger partial charge in [-0.3, -0.25) is 4.68 Å². The average Bonchev–Trinajstić information content (AvgIpc) is 2.85. The van der Waals surface area contributed by atoms with E-state index >= 15 is 0 Å². The van der Waals surface area contributed by atoms with Crippen molar-refractivity contribution < 1.29 is 0 Å². The average molecular weight is 263 g/mol. The molecule has 7 heteroatoms. The van der Waals surface area contributed by atoms with Gasteiger partial charge in [-0.1, -0.05) is 6.92 Å². The monoisotopic (exact) mass is 263 g/mol. The van der Waals surface area contributed by atoms with Crippen LogP contribution in [0.1, 0.15) is 42.7 Å². The molecule has 0 amide bonds. The number of hydrogen-bond acceptors (Lipinski definition) is 5. The summed E-state index contributed by atoms with van der Waals surface area (Å²) in [5, 5.41) is 20.0. The summed E-state index contributed by atoms with van der Waals surface area (Å²) in [4.78, 5) is 1.46. The van der Waals surface area contributed by atoms with Gasteiger partial charge in [-0.05, 0) is 32.5 Å². The van der Waals surface area contributed by atoms with Gasteiger partial charge >= 0.3 is 0 Å². The van der Waals surface area contributed by atoms with E-state index in [1.165, 1.54) is 10.4 Å². The Hall–Kier alpha value is -1.76. The van der Waals surface area contributed by atoms with E-state index in [0.717, 1.165) is 17.9 Å². The van der Waals surface area contributed by atoms with Crippen molar-refractivity contribution in [2.75, 3.05) is 6.54 Å². The molecule has 1 unspecified atom stereocenters. The smallest absolute Gasteiger partial charge is 0.196 e. The van der Waals surface area contributed by atoms with Crippen molar-refractivity contribution in [1.82, 2.24) is 35.3 Å². The summed E-state index contributed by atoms with van der Waals surface area (Å²) in [7, 11) is 1.76. The van der Waals surface area contributed by atoms with Crippen LogP contribution in [-0.2, 0) is 13.6 Å². The Morgan fingerprint density at radius 2 is 2.00 bits per heavy atom. The highest BCUT2D eigenvalue weighted by molar-refractivity contribution is 5.28. The summed E-state index contributed by atoms with van der Waals surface area (Å²) < 4.78 is 1.94. The van der Waals surface area contributed by atoms with Crippen LogP contribution in [0.3, 0.4) is 0 Å². The molecule has 0 aliphatic rings. The molecular weight excluding hydrogens is 242 g/mol. The van der Waals surface area contributed by atoms with Gasteiger partial charge in [0.15, 0.2) is 5.82 Å². The number of nitrogens with zero attached hydrogens (tertiary/aromatic N) is 6. The first-order chi connectivity index (χ1) is 9.02. The van der Waals surface area contributed by atoms with Gasteiger partial charge in [0.25, 0.3) is 0 Å². The number of nitrogens with one attached hydrogen (secondary N) is 1. The molecule has 1 N–H and O–H groups in total. The number of aryl methyl sites for hydroxylation is 2. The molecule has 0 saturated carbocycles. The van der Waals surface area contributed by atoms with E-state index in [1.54, 1.807) is 7.05 Å². The first-order valence-electron chi connectivity index (χ1n) is 6.53. The second kappa shape index (κ2) is 5.48.